The van der Waals surface area contributed by atoms with Gasteiger partial charge in [-0.3, -0.25) is 9.59 Å². The first kappa shape index (κ1) is 30.6. The van der Waals surface area contributed by atoms with Gasteiger partial charge in [-0.2, -0.15) is 0 Å². The molecule has 4 nitrogen and oxygen atoms in total. The monoisotopic (exact) mass is 394 g/mol. The summed E-state index contributed by atoms with van der Waals surface area (Å²) in [6, 6.07) is 0. The van der Waals surface area contributed by atoms with Crippen LogP contribution in [0, 0.1) is 0 Å². The Morgan fingerprint density at radius 2 is 1.04 bits per heavy atom. The van der Waals surface area contributed by atoms with Gasteiger partial charge in [0.25, 0.3) is 0 Å². The van der Waals surface area contributed by atoms with E-state index in [-0.39, 0.29) is 11.9 Å². The van der Waals surface area contributed by atoms with E-state index in [1.165, 1.54) is 52.4 Å². The average molecular weight is 395 g/mol. The number of carbonyl (C=O) groups is 2. The third-order valence-electron chi connectivity index (χ3n) is 3.11. The zero-order chi connectivity index (χ0) is 22.2. The summed E-state index contributed by atoms with van der Waals surface area (Å²) in [5.74, 6) is 0.208. The standard InChI is InChI=1S/2C11H18O2.C2H6/c2*1-4-5-6-7-8-9-10(2)13-11(3)12;1-2/h2*8-9H,2,4-7H2,1,3H3;1-2H3/b2*9-8+;. The summed E-state index contributed by atoms with van der Waals surface area (Å²) in [7, 11) is 0. The van der Waals surface area contributed by atoms with Crippen molar-refractivity contribution in [1.29, 1.82) is 0 Å². The van der Waals surface area contributed by atoms with Gasteiger partial charge in [0.2, 0.25) is 0 Å². The summed E-state index contributed by atoms with van der Waals surface area (Å²) in [6.07, 6.45) is 16.8. The van der Waals surface area contributed by atoms with E-state index < -0.39 is 0 Å². The fourth-order valence-electron chi connectivity index (χ4n) is 1.89. The maximum absolute atomic E-state index is 10.5. The van der Waals surface area contributed by atoms with Crippen LogP contribution < -0.4 is 0 Å². The van der Waals surface area contributed by atoms with Crippen molar-refractivity contribution in [2.45, 2.75) is 92.9 Å². The lowest BCUT2D eigenvalue weighted by Crippen LogP contribution is -1.94. The summed E-state index contributed by atoms with van der Waals surface area (Å²) >= 11 is 0. The summed E-state index contributed by atoms with van der Waals surface area (Å²) in [5.41, 5.74) is 0. The van der Waals surface area contributed by atoms with E-state index in [0.29, 0.717) is 11.5 Å². The van der Waals surface area contributed by atoms with Crippen molar-refractivity contribution in [3.63, 3.8) is 0 Å². The van der Waals surface area contributed by atoms with Gasteiger partial charge < -0.3 is 9.47 Å². The molecule has 162 valence electrons. The number of hydrogen-bond donors (Lipinski definition) is 0. The van der Waals surface area contributed by atoms with Crippen molar-refractivity contribution in [1.82, 2.24) is 0 Å². The molecule has 0 atom stereocenters. The molecule has 0 saturated heterocycles. The highest BCUT2D eigenvalue weighted by Gasteiger charge is 1.93. The molecule has 0 radical (unpaired) electrons. The van der Waals surface area contributed by atoms with E-state index in [9.17, 15) is 9.59 Å². The summed E-state index contributed by atoms with van der Waals surface area (Å²) < 4.78 is 9.47. The first-order valence-electron chi connectivity index (χ1n) is 10.4. The predicted molar refractivity (Wildman–Crippen MR) is 120 cm³/mol. The van der Waals surface area contributed by atoms with Gasteiger partial charge in [0.05, 0.1) is 0 Å². The van der Waals surface area contributed by atoms with Crippen LogP contribution in [0.5, 0.6) is 0 Å². The van der Waals surface area contributed by atoms with E-state index in [0.717, 1.165) is 12.8 Å². The number of esters is 2. The molecule has 0 rings (SSSR count). The van der Waals surface area contributed by atoms with Crippen LogP contribution in [0.1, 0.15) is 92.9 Å². The number of unbranched alkanes of at least 4 members (excludes halogenated alkanes) is 6. The number of rotatable bonds is 12. The molecule has 0 aliphatic carbocycles. The van der Waals surface area contributed by atoms with Crippen LogP contribution in [0.4, 0.5) is 0 Å². The molecular weight excluding hydrogens is 352 g/mol. The minimum atomic E-state index is -0.316. The second kappa shape index (κ2) is 24.9. The summed E-state index contributed by atoms with van der Waals surface area (Å²) in [6.45, 7) is 18.2. The van der Waals surface area contributed by atoms with Gasteiger partial charge in [-0.25, -0.2) is 0 Å². The molecule has 0 spiro atoms. The third-order valence-corrected chi connectivity index (χ3v) is 3.11. The van der Waals surface area contributed by atoms with Crippen molar-refractivity contribution in [2.24, 2.45) is 0 Å². The second-order valence-electron chi connectivity index (χ2n) is 5.92. The molecule has 4 heteroatoms. The fourth-order valence-corrected chi connectivity index (χ4v) is 1.89. The molecule has 0 unspecified atom stereocenters. The van der Waals surface area contributed by atoms with Crippen LogP contribution in [0.3, 0.4) is 0 Å². The predicted octanol–water partition coefficient (Wildman–Crippen LogP) is 7.43. The van der Waals surface area contributed by atoms with E-state index in [2.05, 4.69) is 27.0 Å². The van der Waals surface area contributed by atoms with Crippen LogP contribution in [0.15, 0.2) is 49.0 Å². The lowest BCUT2D eigenvalue weighted by molar-refractivity contribution is -0.137. The maximum atomic E-state index is 10.5. The topological polar surface area (TPSA) is 52.6 Å². The largest absolute Gasteiger partial charge is 0.427 e. The Kier molecular flexibility index (Phi) is 27.2. The Balaban J connectivity index is -0.000000410. The molecule has 0 aliphatic heterocycles. The maximum Gasteiger partial charge on any atom is 0.308 e. The first-order valence-corrected chi connectivity index (χ1v) is 10.4. The van der Waals surface area contributed by atoms with E-state index >= 15 is 0 Å². The third kappa shape index (κ3) is 31.6. The molecule has 0 aliphatic rings. The Hall–Kier alpha value is -2.10. The molecule has 0 aromatic heterocycles. The molecule has 0 amide bonds. The zero-order valence-corrected chi connectivity index (χ0v) is 19.0. The first-order chi connectivity index (χ1) is 13.3. The lowest BCUT2D eigenvalue weighted by atomic mass is 10.2. The Bertz CT molecular complexity index is 429. The van der Waals surface area contributed by atoms with Gasteiger partial charge in [-0.05, 0) is 37.8 Å². The van der Waals surface area contributed by atoms with Crippen molar-refractivity contribution >= 4 is 11.9 Å². The van der Waals surface area contributed by atoms with Gasteiger partial charge >= 0.3 is 11.9 Å². The van der Waals surface area contributed by atoms with E-state index in [1.54, 1.807) is 12.2 Å². The molecule has 0 aromatic carbocycles. The van der Waals surface area contributed by atoms with Gasteiger partial charge in [-0.1, -0.05) is 78.7 Å². The number of hydrogen-bond acceptors (Lipinski definition) is 4. The fraction of sp³-hybridized carbons (Fsp3) is 0.583. The lowest BCUT2D eigenvalue weighted by Gasteiger charge is -1.98. The van der Waals surface area contributed by atoms with Gasteiger partial charge in [0.1, 0.15) is 11.5 Å². The van der Waals surface area contributed by atoms with Crippen molar-refractivity contribution in [2.75, 3.05) is 0 Å². The second-order valence-corrected chi connectivity index (χ2v) is 5.92. The normalized spacial score (nSPS) is 9.79. The highest BCUT2D eigenvalue weighted by molar-refractivity contribution is 5.67. The number of allylic oxidation sites excluding steroid dienone is 4. The molecule has 0 bridgehead atoms. The molecule has 28 heavy (non-hydrogen) atoms. The van der Waals surface area contributed by atoms with Crippen molar-refractivity contribution in [3.8, 4) is 0 Å². The average Bonchev–Trinajstić information content (AvgIpc) is 2.62. The molecule has 0 saturated carbocycles. The van der Waals surface area contributed by atoms with Crippen LogP contribution in [-0.2, 0) is 19.1 Å². The minimum absolute atomic E-state index is 0.316. The highest BCUT2D eigenvalue weighted by atomic mass is 16.5. The Labute approximate surface area is 173 Å². The van der Waals surface area contributed by atoms with Gasteiger partial charge in [0.15, 0.2) is 0 Å². The van der Waals surface area contributed by atoms with E-state index in [1.807, 2.05) is 26.0 Å². The quantitative estimate of drug-likeness (QED) is 0.149. The highest BCUT2D eigenvalue weighted by Crippen LogP contribution is 2.03. The Morgan fingerprint density at radius 3 is 1.29 bits per heavy atom. The van der Waals surface area contributed by atoms with Gasteiger partial charge in [0, 0.05) is 13.8 Å². The zero-order valence-electron chi connectivity index (χ0n) is 19.0. The van der Waals surface area contributed by atoms with Crippen LogP contribution in [0.25, 0.3) is 0 Å². The van der Waals surface area contributed by atoms with Gasteiger partial charge in [-0.15, -0.1) is 0 Å². The SMILES string of the molecule is C=C(/C=C/CCCCC)OC(C)=O.C=C(/C=C/CCCCC)OC(C)=O.CC. The molecule has 0 aromatic rings. The van der Waals surface area contributed by atoms with Crippen molar-refractivity contribution < 1.29 is 19.1 Å². The summed E-state index contributed by atoms with van der Waals surface area (Å²) in [5, 5.41) is 0. The van der Waals surface area contributed by atoms with Crippen LogP contribution >= 0.6 is 0 Å². The van der Waals surface area contributed by atoms with Crippen LogP contribution in [-0.4, -0.2) is 11.9 Å². The smallest absolute Gasteiger partial charge is 0.308 e. The minimum Gasteiger partial charge on any atom is -0.427 e. The molecule has 0 heterocycles. The molecular formula is C24H42O4. The van der Waals surface area contributed by atoms with E-state index in [4.69, 9.17) is 9.47 Å². The number of ether oxygens (including phenoxy) is 2. The Morgan fingerprint density at radius 1 is 0.714 bits per heavy atom. The van der Waals surface area contributed by atoms with Crippen LogP contribution in [0.2, 0.25) is 0 Å². The van der Waals surface area contributed by atoms with Crippen molar-refractivity contribution in [3.05, 3.63) is 49.0 Å². The summed E-state index contributed by atoms with van der Waals surface area (Å²) in [4.78, 5) is 20.9. The number of carbonyl (C=O) groups excluding carboxylic acids is 2. The molecule has 0 N–H and O–H groups in total. The molecule has 0 fully saturated rings.